The number of benzene rings is 1. The lowest BCUT2D eigenvalue weighted by Gasteiger charge is -2.19. The SMILES string of the molecule is Cc1cncn1CN1CCN(c2ccccc2)C1=O. The highest BCUT2D eigenvalue weighted by atomic mass is 16.2. The highest BCUT2D eigenvalue weighted by Gasteiger charge is 2.29. The molecule has 2 amide bonds. The van der Waals surface area contributed by atoms with Crippen molar-refractivity contribution in [1.82, 2.24) is 14.5 Å². The Hall–Kier alpha value is -2.30. The maximum atomic E-state index is 12.4. The zero-order valence-electron chi connectivity index (χ0n) is 10.9. The van der Waals surface area contributed by atoms with Gasteiger partial charge in [-0.2, -0.15) is 0 Å². The van der Waals surface area contributed by atoms with Crippen molar-refractivity contribution in [2.75, 3.05) is 18.0 Å². The first-order chi connectivity index (χ1) is 9.25. The zero-order chi connectivity index (χ0) is 13.2. The first kappa shape index (κ1) is 11.8. The van der Waals surface area contributed by atoms with E-state index < -0.39 is 0 Å². The summed E-state index contributed by atoms with van der Waals surface area (Å²) in [5, 5.41) is 0. The van der Waals surface area contributed by atoms with E-state index in [1.54, 1.807) is 12.5 Å². The molecular weight excluding hydrogens is 240 g/mol. The van der Waals surface area contributed by atoms with Crippen molar-refractivity contribution in [1.29, 1.82) is 0 Å². The first-order valence-corrected chi connectivity index (χ1v) is 6.34. The summed E-state index contributed by atoms with van der Waals surface area (Å²) in [6.45, 7) is 4.03. The van der Waals surface area contributed by atoms with Crippen LogP contribution in [-0.4, -0.2) is 33.6 Å². The van der Waals surface area contributed by atoms with E-state index >= 15 is 0 Å². The number of rotatable bonds is 3. The van der Waals surface area contributed by atoms with Crippen LogP contribution in [0.1, 0.15) is 5.69 Å². The molecule has 0 radical (unpaired) electrons. The summed E-state index contributed by atoms with van der Waals surface area (Å²) in [6.07, 6.45) is 3.56. The number of hydrogen-bond acceptors (Lipinski definition) is 2. The fraction of sp³-hybridized carbons (Fsp3) is 0.286. The molecular formula is C14H16N4O. The third kappa shape index (κ3) is 2.19. The second kappa shape index (κ2) is 4.76. The maximum absolute atomic E-state index is 12.4. The monoisotopic (exact) mass is 256 g/mol. The minimum Gasteiger partial charge on any atom is -0.316 e. The van der Waals surface area contributed by atoms with Crippen molar-refractivity contribution in [2.45, 2.75) is 13.6 Å². The number of nitrogens with zero attached hydrogens (tertiary/aromatic N) is 4. The molecule has 3 rings (SSSR count). The van der Waals surface area contributed by atoms with Crippen LogP contribution in [0.4, 0.5) is 10.5 Å². The molecule has 98 valence electrons. The van der Waals surface area contributed by atoms with Crippen molar-refractivity contribution in [3.05, 3.63) is 48.5 Å². The molecule has 0 saturated carbocycles. The predicted molar refractivity (Wildman–Crippen MR) is 72.9 cm³/mol. The second-order valence-electron chi connectivity index (χ2n) is 4.68. The van der Waals surface area contributed by atoms with Crippen molar-refractivity contribution in [3.63, 3.8) is 0 Å². The van der Waals surface area contributed by atoms with E-state index in [1.165, 1.54) is 0 Å². The lowest BCUT2D eigenvalue weighted by atomic mass is 10.3. The van der Waals surface area contributed by atoms with Gasteiger partial charge in [0.2, 0.25) is 0 Å². The molecule has 5 heteroatoms. The van der Waals surface area contributed by atoms with Gasteiger partial charge in [0.25, 0.3) is 0 Å². The van der Waals surface area contributed by atoms with E-state index in [0.717, 1.165) is 24.5 Å². The Kier molecular flexibility index (Phi) is 2.95. The molecule has 0 atom stereocenters. The van der Waals surface area contributed by atoms with Gasteiger partial charge in [-0.05, 0) is 19.1 Å². The highest BCUT2D eigenvalue weighted by Crippen LogP contribution is 2.20. The molecule has 5 nitrogen and oxygen atoms in total. The van der Waals surface area contributed by atoms with Crippen LogP contribution in [0.5, 0.6) is 0 Å². The molecule has 0 aliphatic carbocycles. The molecule has 1 aliphatic rings. The molecule has 1 fully saturated rings. The predicted octanol–water partition coefficient (Wildman–Crippen LogP) is 2.09. The Morgan fingerprint density at radius 1 is 1.21 bits per heavy atom. The standard InChI is InChI=1S/C14H16N4O/c1-12-9-15-10-17(12)11-16-7-8-18(14(16)19)13-5-3-2-4-6-13/h2-6,9-10H,7-8,11H2,1H3. The Morgan fingerprint density at radius 3 is 2.68 bits per heavy atom. The average Bonchev–Trinajstić information content (AvgIpc) is 2.99. The molecule has 0 unspecified atom stereocenters. The molecule has 2 aromatic rings. The van der Waals surface area contributed by atoms with E-state index in [2.05, 4.69) is 4.98 Å². The minimum absolute atomic E-state index is 0.0549. The molecule has 2 heterocycles. The van der Waals surface area contributed by atoms with Gasteiger partial charge in [-0.25, -0.2) is 9.78 Å². The zero-order valence-corrected chi connectivity index (χ0v) is 10.9. The van der Waals surface area contributed by atoms with Crippen molar-refractivity contribution < 1.29 is 4.79 Å². The van der Waals surface area contributed by atoms with Gasteiger partial charge in [0, 0.05) is 30.7 Å². The molecule has 1 saturated heterocycles. The van der Waals surface area contributed by atoms with Crippen LogP contribution in [0.3, 0.4) is 0 Å². The smallest absolute Gasteiger partial charge is 0.316 e. The Labute approximate surface area is 112 Å². The summed E-state index contributed by atoms with van der Waals surface area (Å²) in [4.78, 5) is 20.1. The Morgan fingerprint density at radius 2 is 2.00 bits per heavy atom. The fourth-order valence-electron chi connectivity index (χ4n) is 2.28. The molecule has 1 aromatic carbocycles. The highest BCUT2D eigenvalue weighted by molar-refractivity contribution is 5.93. The summed E-state index contributed by atoms with van der Waals surface area (Å²) in [7, 11) is 0. The van der Waals surface area contributed by atoms with Gasteiger partial charge in [-0.3, -0.25) is 4.90 Å². The number of aryl methyl sites for hydroxylation is 1. The van der Waals surface area contributed by atoms with E-state index in [-0.39, 0.29) is 6.03 Å². The molecule has 1 aliphatic heterocycles. The van der Waals surface area contributed by atoms with Crippen LogP contribution in [0.2, 0.25) is 0 Å². The normalized spacial score (nSPS) is 15.3. The van der Waals surface area contributed by atoms with E-state index in [0.29, 0.717) is 6.67 Å². The Bertz CT molecular complexity index is 578. The van der Waals surface area contributed by atoms with Crippen molar-refractivity contribution in [3.8, 4) is 0 Å². The topological polar surface area (TPSA) is 41.4 Å². The van der Waals surface area contributed by atoms with Gasteiger partial charge in [0.1, 0.15) is 6.67 Å². The van der Waals surface area contributed by atoms with Crippen LogP contribution in [0, 0.1) is 6.92 Å². The number of amides is 2. The molecule has 1 aromatic heterocycles. The van der Waals surface area contributed by atoms with Gasteiger partial charge in [0.15, 0.2) is 0 Å². The van der Waals surface area contributed by atoms with Crippen LogP contribution in [0.15, 0.2) is 42.9 Å². The third-order valence-electron chi connectivity index (χ3n) is 3.41. The third-order valence-corrected chi connectivity index (χ3v) is 3.41. The second-order valence-corrected chi connectivity index (χ2v) is 4.68. The number of hydrogen-bond donors (Lipinski definition) is 0. The van der Waals surface area contributed by atoms with Crippen LogP contribution < -0.4 is 4.90 Å². The van der Waals surface area contributed by atoms with E-state index in [1.807, 2.05) is 51.6 Å². The largest absolute Gasteiger partial charge is 0.326 e. The van der Waals surface area contributed by atoms with Crippen LogP contribution in [0.25, 0.3) is 0 Å². The number of anilines is 1. The number of urea groups is 1. The summed E-state index contributed by atoms with van der Waals surface area (Å²) in [6, 6.07) is 9.83. The summed E-state index contributed by atoms with van der Waals surface area (Å²) >= 11 is 0. The van der Waals surface area contributed by atoms with E-state index in [9.17, 15) is 4.79 Å². The maximum Gasteiger partial charge on any atom is 0.326 e. The Balaban J connectivity index is 1.74. The van der Waals surface area contributed by atoms with Gasteiger partial charge >= 0.3 is 6.03 Å². The minimum atomic E-state index is 0.0549. The first-order valence-electron chi connectivity index (χ1n) is 6.34. The summed E-state index contributed by atoms with van der Waals surface area (Å²) < 4.78 is 1.98. The summed E-state index contributed by atoms with van der Waals surface area (Å²) in [5.74, 6) is 0. The van der Waals surface area contributed by atoms with Crippen LogP contribution in [-0.2, 0) is 6.67 Å². The molecule has 19 heavy (non-hydrogen) atoms. The number of para-hydroxylation sites is 1. The lowest BCUT2D eigenvalue weighted by molar-refractivity contribution is 0.207. The number of carbonyl (C=O) groups excluding carboxylic acids is 1. The van der Waals surface area contributed by atoms with Gasteiger partial charge in [-0.15, -0.1) is 0 Å². The number of carbonyl (C=O) groups is 1. The van der Waals surface area contributed by atoms with E-state index in [4.69, 9.17) is 0 Å². The number of imidazole rings is 1. The van der Waals surface area contributed by atoms with Crippen molar-refractivity contribution >= 4 is 11.7 Å². The fourth-order valence-corrected chi connectivity index (χ4v) is 2.28. The summed E-state index contributed by atoms with van der Waals surface area (Å²) in [5.41, 5.74) is 2.02. The van der Waals surface area contributed by atoms with Crippen LogP contribution >= 0.6 is 0 Å². The van der Waals surface area contributed by atoms with Gasteiger partial charge in [-0.1, -0.05) is 18.2 Å². The molecule has 0 bridgehead atoms. The lowest BCUT2D eigenvalue weighted by Crippen LogP contribution is -2.33. The van der Waals surface area contributed by atoms with Gasteiger partial charge in [0.05, 0.1) is 6.33 Å². The molecule has 0 spiro atoms. The van der Waals surface area contributed by atoms with Crippen molar-refractivity contribution in [2.24, 2.45) is 0 Å². The van der Waals surface area contributed by atoms with Gasteiger partial charge < -0.3 is 9.47 Å². The molecule has 0 N–H and O–H groups in total. The average molecular weight is 256 g/mol. The quantitative estimate of drug-likeness (QED) is 0.843. The number of aromatic nitrogens is 2.